The fourth-order valence-electron chi connectivity index (χ4n) is 1.84. The Hall–Kier alpha value is -0.750. The van der Waals surface area contributed by atoms with Crippen LogP contribution in [0.25, 0.3) is 0 Å². The second-order valence-electron chi connectivity index (χ2n) is 4.27. The summed E-state index contributed by atoms with van der Waals surface area (Å²) in [5, 5.41) is 3.48. The molecule has 2 nitrogen and oxygen atoms in total. The van der Waals surface area contributed by atoms with E-state index in [-0.39, 0.29) is 6.04 Å². The minimum absolute atomic E-state index is 0.261. The molecule has 100 valence electrons. The summed E-state index contributed by atoms with van der Waals surface area (Å²) >= 11 is 5.81. The molecule has 0 aliphatic carbocycles. The summed E-state index contributed by atoms with van der Waals surface area (Å²) in [7, 11) is 1.67. The van der Waals surface area contributed by atoms with Crippen molar-refractivity contribution in [3.63, 3.8) is 0 Å². The summed E-state index contributed by atoms with van der Waals surface area (Å²) in [5.41, 5.74) is 2.34. The van der Waals surface area contributed by atoms with Crippen molar-refractivity contribution < 1.29 is 4.74 Å². The molecule has 1 atom stereocenters. The smallest absolute Gasteiger partial charge is 0.133 e. The molecule has 2 aromatic carbocycles. The highest BCUT2D eigenvalue weighted by molar-refractivity contribution is 14.1. The van der Waals surface area contributed by atoms with Crippen LogP contribution < -0.4 is 10.1 Å². The Morgan fingerprint density at radius 3 is 2.42 bits per heavy atom. The monoisotopic (exact) mass is 431 g/mol. The summed E-state index contributed by atoms with van der Waals surface area (Å²) in [4.78, 5) is 0. The molecule has 2 aromatic rings. The number of hydrogen-bond donors (Lipinski definition) is 1. The average molecular weight is 432 g/mol. The second kappa shape index (κ2) is 6.61. The lowest BCUT2D eigenvalue weighted by molar-refractivity contribution is 0.412. The Labute approximate surface area is 135 Å². The van der Waals surface area contributed by atoms with Crippen LogP contribution in [-0.2, 0) is 0 Å². The van der Waals surface area contributed by atoms with Crippen molar-refractivity contribution in [2.75, 3.05) is 12.4 Å². The standard InChI is InChI=1S/C15H15BrINO/c1-10(11-3-5-12(17)6-4-11)18-13-7-8-15(19-2)14(16)9-13/h3-10,18H,1-2H3. The first-order valence-electron chi connectivity index (χ1n) is 5.95. The molecule has 0 spiro atoms. The topological polar surface area (TPSA) is 21.3 Å². The van der Waals surface area contributed by atoms with E-state index >= 15 is 0 Å². The minimum Gasteiger partial charge on any atom is -0.496 e. The number of hydrogen-bond acceptors (Lipinski definition) is 2. The highest BCUT2D eigenvalue weighted by atomic mass is 127. The third-order valence-electron chi connectivity index (χ3n) is 2.90. The predicted molar refractivity (Wildman–Crippen MR) is 91.9 cm³/mol. The van der Waals surface area contributed by atoms with E-state index in [1.165, 1.54) is 9.13 Å². The third-order valence-corrected chi connectivity index (χ3v) is 4.24. The maximum Gasteiger partial charge on any atom is 0.133 e. The molecule has 0 heterocycles. The molecule has 0 aliphatic rings. The highest BCUT2D eigenvalue weighted by Crippen LogP contribution is 2.29. The van der Waals surface area contributed by atoms with Crippen LogP contribution in [0.4, 0.5) is 5.69 Å². The minimum atomic E-state index is 0.261. The summed E-state index contributed by atoms with van der Waals surface area (Å²) in [6.45, 7) is 2.15. The normalized spacial score (nSPS) is 12.0. The lowest BCUT2D eigenvalue weighted by Crippen LogP contribution is -2.06. The number of nitrogens with one attached hydrogen (secondary N) is 1. The molecule has 0 aromatic heterocycles. The summed E-state index contributed by atoms with van der Waals surface area (Å²) < 4.78 is 7.43. The molecule has 4 heteroatoms. The van der Waals surface area contributed by atoms with Gasteiger partial charge in [-0.1, -0.05) is 12.1 Å². The maximum atomic E-state index is 5.23. The maximum absolute atomic E-state index is 5.23. The van der Waals surface area contributed by atoms with Crippen LogP contribution in [0.1, 0.15) is 18.5 Å². The molecule has 0 amide bonds. The first-order valence-corrected chi connectivity index (χ1v) is 7.83. The van der Waals surface area contributed by atoms with Crippen molar-refractivity contribution in [1.29, 1.82) is 0 Å². The first-order chi connectivity index (χ1) is 9.10. The van der Waals surface area contributed by atoms with Crippen LogP contribution in [0, 0.1) is 3.57 Å². The van der Waals surface area contributed by atoms with Gasteiger partial charge < -0.3 is 10.1 Å². The van der Waals surface area contributed by atoms with E-state index in [1.807, 2.05) is 18.2 Å². The first kappa shape index (κ1) is 14.7. The van der Waals surface area contributed by atoms with Gasteiger partial charge in [-0.15, -0.1) is 0 Å². The van der Waals surface area contributed by atoms with E-state index in [1.54, 1.807) is 7.11 Å². The zero-order valence-corrected chi connectivity index (χ0v) is 14.5. The van der Waals surface area contributed by atoms with Crippen LogP contribution in [0.15, 0.2) is 46.9 Å². The Kier molecular flexibility index (Phi) is 5.10. The van der Waals surface area contributed by atoms with E-state index in [0.717, 1.165) is 15.9 Å². The molecular formula is C15H15BrINO. The van der Waals surface area contributed by atoms with E-state index in [9.17, 15) is 0 Å². The highest BCUT2D eigenvalue weighted by Gasteiger charge is 2.07. The fraction of sp³-hybridized carbons (Fsp3) is 0.200. The van der Waals surface area contributed by atoms with Crippen molar-refractivity contribution in [3.8, 4) is 5.75 Å². The molecule has 0 bridgehead atoms. The fourth-order valence-corrected chi connectivity index (χ4v) is 2.74. The zero-order valence-electron chi connectivity index (χ0n) is 10.8. The van der Waals surface area contributed by atoms with Crippen molar-refractivity contribution in [3.05, 3.63) is 56.1 Å². The van der Waals surface area contributed by atoms with E-state index in [4.69, 9.17) is 4.74 Å². The molecule has 0 fully saturated rings. The molecule has 1 unspecified atom stereocenters. The molecule has 0 aliphatic heterocycles. The summed E-state index contributed by atoms with van der Waals surface area (Å²) in [5.74, 6) is 0.840. The van der Waals surface area contributed by atoms with Gasteiger partial charge in [0, 0.05) is 15.3 Å². The number of rotatable bonds is 4. The van der Waals surface area contributed by atoms with Crippen LogP contribution in [0.2, 0.25) is 0 Å². The molecule has 19 heavy (non-hydrogen) atoms. The van der Waals surface area contributed by atoms with Gasteiger partial charge in [-0.3, -0.25) is 0 Å². The molecule has 0 saturated heterocycles. The number of halogens is 2. The van der Waals surface area contributed by atoms with E-state index < -0.39 is 0 Å². The van der Waals surface area contributed by atoms with Gasteiger partial charge >= 0.3 is 0 Å². The van der Waals surface area contributed by atoms with Gasteiger partial charge in [-0.25, -0.2) is 0 Å². The van der Waals surface area contributed by atoms with Crippen molar-refractivity contribution in [2.45, 2.75) is 13.0 Å². The number of methoxy groups -OCH3 is 1. The van der Waals surface area contributed by atoms with Crippen molar-refractivity contribution in [1.82, 2.24) is 0 Å². The third kappa shape index (κ3) is 3.86. The Bertz CT molecular complexity index is 557. The number of benzene rings is 2. The van der Waals surface area contributed by atoms with Gasteiger partial charge in [0.15, 0.2) is 0 Å². The predicted octanol–water partition coefficient (Wildman–Crippen LogP) is 5.24. The molecule has 0 radical (unpaired) electrons. The quantitative estimate of drug-likeness (QED) is 0.668. The van der Waals surface area contributed by atoms with Crippen LogP contribution in [-0.4, -0.2) is 7.11 Å². The van der Waals surface area contributed by atoms with Gasteiger partial charge in [-0.05, 0) is 81.3 Å². The average Bonchev–Trinajstić information content (AvgIpc) is 2.39. The van der Waals surface area contributed by atoms with Crippen LogP contribution >= 0.6 is 38.5 Å². The van der Waals surface area contributed by atoms with Crippen LogP contribution in [0.5, 0.6) is 5.75 Å². The van der Waals surface area contributed by atoms with Gasteiger partial charge in [0.25, 0.3) is 0 Å². The lowest BCUT2D eigenvalue weighted by Gasteiger charge is -2.16. The number of ether oxygens (including phenoxy) is 1. The Morgan fingerprint density at radius 1 is 1.16 bits per heavy atom. The van der Waals surface area contributed by atoms with Gasteiger partial charge in [0.2, 0.25) is 0 Å². The zero-order chi connectivity index (χ0) is 13.8. The molecular weight excluding hydrogens is 417 g/mol. The second-order valence-corrected chi connectivity index (χ2v) is 6.37. The van der Waals surface area contributed by atoms with Gasteiger partial charge in [-0.2, -0.15) is 0 Å². The van der Waals surface area contributed by atoms with Crippen molar-refractivity contribution in [2.24, 2.45) is 0 Å². The van der Waals surface area contributed by atoms with Crippen LogP contribution in [0.3, 0.4) is 0 Å². The Balaban J connectivity index is 2.12. The molecule has 0 saturated carbocycles. The SMILES string of the molecule is COc1ccc(NC(C)c2ccc(I)cc2)cc1Br. The lowest BCUT2D eigenvalue weighted by atomic mass is 10.1. The van der Waals surface area contributed by atoms with Crippen molar-refractivity contribution >= 4 is 44.2 Å². The van der Waals surface area contributed by atoms with Gasteiger partial charge in [0.05, 0.1) is 11.6 Å². The molecule has 2 rings (SSSR count). The number of anilines is 1. The van der Waals surface area contributed by atoms with Gasteiger partial charge in [0.1, 0.15) is 5.75 Å². The Morgan fingerprint density at radius 2 is 1.84 bits per heavy atom. The largest absolute Gasteiger partial charge is 0.496 e. The van der Waals surface area contributed by atoms with E-state index in [0.29, 0.717) is 0 Å². The summed E-state index contributed by atoms with van der Waals surface area (Å²) in [6, 6.07) is 14.8. The van der Waals surface area contributed by atoms with E-state index in [2.05, 4.69) is 75.0 Å². The summed E-state index contributed by atoms with van der Waals surface area (Å²) in [6.07, 6.45) is 0. The molecule has 1 N–H and O–H groups in total.